The summed E-state index contributed by atoms with van der Waals surface area (Å²) in [5.41, 5.74) is 0. The standard InChI is InChI=1S/5C14H26/c5*1-11-3-7-13(8-4-11)14-9-5-12(2)6-10-14/h5*11-14H,3-10H2,1-2H3. The van der Waals surface area contributed by atoms with E-state index in [1.54, 1.807) is 128 Å². The van der Waals surface area contributed by atoms with Crippen LogP contribution in [0.4, 0.5) is 0 Å². The van der Waals surface area contributed by atoms with Gasteiger partial charge in [0.25, 0.3) is 0 Å². The van der Waals surface area contributed by atoms with Crippen LogP contribution in [0.25, 0.3) is 0 Å². The molecule has 10 rings (SSSR count). The summed E-state index contributed by atoms with van der Waals surface area (Å²) in [6.45, 7) is 24.3. The molecule has 10 saturated carbocycles. The van der Waals surface area contributed by atoms with Crippen molar-refractivity contribution < 1.29 is 0 Å². The third kappa shape index (κ3) is 21.2. The van der Waals surface area contributed by atoms with Crippen molar-refractivity contribution in [2.75, 3.05) is 0 Å². The Morgan fingerprint density at radius 2 is 0.157 bits per heavy atom. The fourth-order valence-corrected chi connectivity index (χ4v) is 17.6. The molecule has 0 unspecified atom stereocenters. The van der Waals surface area contributed by atoms with Gasteiger partial charge < -0.3 is 0 Å². The summed E-state index contributed by atoms with van der Waals surface area (Å²) >= 11 is 0. The summed E-state index contributed by atoms with van der Waals surface area (Å²) in [5.74, 6) is 21.3. The minimum absolute atomic E-state index is 1.02. The van der Waals surface area contributed by atoms with Gasteiger partial charge >= 0.3 is 0 Å². The van der Waals surface area contributed by atoms with Gasteiger partial charge in [-0.25, -0.2) is 0 Å². The van der Waals surface area contributed by atoms with Gasteiger partial charge in [-0.3, -0.25) is 0 Å². The van der Waals surface area contributed by atoms with Crippen LogP contribution in [0.3, 0.4) is 0 Å². The molecule has 0 atom stereocenters. The Kier molecular flexibility index (Phi) is 27.0. The van der Waals surface area contributed by atoms with Crippen molar-refractivity contribution in [1.29, 1.82) is 0 Å². The van der Waals surface area contributed by atoms with E-state index >= 15 is 0 Å². The summed E-state index contributed by atoms with van der Waals surface area (Å²) in [5, 5.41) is 0. The highest BCUT2D eigenvalue weighted by molar-refractivity contribution is 4.85. The van der Waals surface area contributed by atoms with E-state index in [-0.39, 0.29) is 0 Å². The average molecular weight is 972 g/mol. The summed E-state index contributed by atoms with van der Waals surface area (Å²) in [7, 11) is 0. The van der Waals surface area contributed by atoms with Gasteiger partial charge in [-0.1, -0.05) is 198 Å². The molecule has 0 nitrogen and oxygen atoms in total. The van der Waals surface area contributed by atoms with Crippen LogP contribution in [0.1, 0.15) is 326 Å². The molecule has 0 N–H and O–H groups in total. The van der Waals surface area contributed by atoms with Crippen LogP contribution < -0.4 is 0 Å². The maximum absolute atomic E-state index is 2.43. The number of hydrogen-bond donors (Lipinski definition) is 0. The SMILES string of the molecule is CC1CCC(C2CCC(C)CC2)CC1.CC1CCC(C2CCC(C)CC2)CC1.CC1CCC(C2CCC(C)CC2)CC1.CC1CCC(C2CCC(C)CC2)CC1.CC1CCC(C2CCC(C)CC2)CC1. The van der Waals surface area contributed by atoms with Crippen molar-refractivity contribution in [2.24, 2.45) is 118 Å². The second-order valence-corrected chi connectivity index (χ2v) is 30.2. The van der Waals surface area contributed by atoms with Crippen molar-refractivity contribution in [1.82, 2.24) is 0 Å². The second kappa shape index (κ2) is 31.9. The van der Waals surface area contributed by atoms with Gasteiger partial charge in [0, 0.05) is 0 Å². The summed E-state index contributed by atoms with van der Waals surface area (Å²) in [4.78, 5) is 0. The molecule has 0 heterocycles. The number of hydrogen-bond acceptors (Lipinski definition) is 0. The van der Waals surface area contributed by atoms with Crippen molar-refractivity contribution in [3.8, 4) is 0 Å². The van der Waals surface area contributed by atoms with E-state index < -0.39 is 0 Å². The molecule has 10 aliphatic carbocycles. The smallest absolute Gasteiger partial charge is 0.0386 e. The lowest BCUT2D eigenvalue weighted by molar-refractivity contribution is 0.155. The van der Waals surface area contributed by atoms with Gasteiger partial charge in [0.2, 0.25) is 0 Å². The van der Waals surface area contributed by atoms with Gasteiger partial charge in [0.1, 0.15) is 0 Å². The quantitative estimate of drug-likeness (QED) is 0.258. The van der Waals surface area contributed by atoms with E-state index in [1.165, 1.54) is 128 Å². The molecule has 410 valence electrons. The minimum Gasteiger partial charge on any atom is -0.0625 e. The second-order valence-electron chi connectivity index (χ2n) is 30.2. The minimum atomic E-state index is 1.02. The molecule has 0 aromatic heterocycles. The zero-order valence-electron chi connectivity index (χ0n) is 49.8. The average Bonchev–Trinajstić information content (AvgIpc) is 3.37. The van der Waals surface area contributed by atoms with E-state index in [1.807, 2.05) is 0 Å². The Bertz CT molecular complexity index is 917. The van der Waals surface area contributed by atoms with Crippen molar-refractivity contribution in [3.63, 3.8) is 0 Å². The van der Waals surface area contributed by atoms with Crippen LogP contribution in [0.2, 0.25) is 0 Å². The molecule has 10 aliphatic rings. The molecule has 10 fully saturated rings. The van der Waals surface area contributed by atoms with Crippen LogP contribution in [-0.2, 0) is 0 Å². The van der Waals surface area contributed by atoms with Gasteiger partial charge in [-0.05, 0) is 247 Å². The van der Waals surface area contributed by atoms with Gasteiger partial charge in [0.15, 0.2) is 0 Å². The monoisotopic (exact) mass is 971 g/mol. The highest BCUT2D eigenvalue weighted by atomic mass is 14.4. The molecule has 0 heteroatoms. The third-order valence-electron chi connectivity index (χ3n) is 23.9. The molecule has 0 amide bonds. The van der Waals surface area contributed by atoms with Gasteiger partial charge in [-0.15, -0.1) is 0 Å². The van der Waals surface area contributed by atoms with Crippen LogP contribution >= 0.6 is 0 Å². The lowest BCUT2D eigenvalue weighted by atomic mass is 9.70. The van der Waals surface area contributed by atoms with Crippen molar-refractivity contribution in [3.05, 3.63) is 0 Å². The third-order valence-corrected chi connectivity index (χ3v) is 23.9. The molecular formula is C70H130. The van der Waals surface area contributed by atoms with Crippen LogP contribution in [0.5, 0.6) is 0 Å². The maximum atomic E-state index is 2.43. The van der Waals surface area contributed by atoms with E-state index in [9.17, 15) is 0 Å². The summed E-state index contributed by atoms with van der Waals surface area (Å²) in [6, 6.07) is 0. The molecule has 0 aromatic carbocycles. The lowest BCUT2D eigenvalue weighted by Gasteiger charge is -2.36. The summed E-state index contributed by atoms with van der Waals surface area (Å²) < 4.78 is 0. The van der Waals surface area contributed by atoms with E-state index in [4.69, 9.17) is 0 Å². The molecule has 0 saturated heterocycles. The highest BCUT2D eigenvalue weighted by Crippen LogP contribution is 2.45. The van der Waals surface area contributed by atoms with Crippen LogP contribution in [0.15, 0.2) is 0 Å². The van der Waals surface area contributed by atoms with Crippen LogP contribution in [-0.4, -0.2) is 0 Å². The van der Waals surface area contributed by atoms with Gasteiger partial charge in [0.05, 0.1) is 0 Å². The molecule has 0 bridgehead atoms. The van der Waals surface area contributed by atoms with Crippen molar-refractivity contribution >= 4 is 0 Å². The Hall–Kier alpha value is 0. The zero-order valence-corrected chi connectivity index (χ0v) is 49.8. The van der Waals surface area contributed by atoms with Crippen LogP contribution in [0, 0.1) is 118 Å². The Labute approximate surface area is 442 Å². The maximum Gasteiger partial charge on any atom is -0.0386 e. The Morgan fingerprint density at radius 3 is 0.214 bits per heavy atom. The predicted molar refractivity (Wildman–Crippen MR) is 311 cm³/mol. The first-order valence-electron chi connectivity index (χ1n) is 33.8. The Balaban J connectivity index is 0.000000143. The van der Waals surface area contributed by atoms with E-state index in [0.717, 1.165) is 118 Å². The molecule has 0 aliphatic heterocycles. The Morgan fingerprint density at radius 1 is 0.100 bits per heavy atom. The summed E-state index contributed by atoms with van der Waals surface area (Å²) in [6.07, 6.45) is 61.1. The largest absolute Gasteiger partial charge is 0.0625 e. The highest BCUT2D eigenvalue weighted by Gasteiger charge is 2.33. The zero-order chi connectivity index (χ0) is 49.8. The van der Waals surface area contributed by atoms with E-state index in [2.05, 4.69) is 69.2 Å². The number of rotatable bonds is 5. The lowest BCUT2D eigenvalue weighted by Crippen LogP contribution is -2.24. The first kappa shape index (κ1) is 59.2. The fraction of sp³-hybridized carbons (Fsp3) is 1.00. The molecule has 0 radical (unpaired) electrons. The molecular weight excluding hydrogens is 841 g/mol. The molecule has 0 spiro atoms. The van der Waals surface area contributed by atoms with Gasteiger partial charge in [-0.2, -0.15) is 0 Å². The molecule has 0 aromatic rings. The fourth-order valence-electron chi connectivity index (χ4n) is 17.6. The first-order chi connectivity index (χ1) is 33.8. The van der Waals surface area contributed by atoms with E-state index in [0.29, 0.717) is 0 Å². The molecule has 70 heavy (non-hydrogen) atoms. The normalized spacial score (nSPS) is 45.0. The van der Waals surface area contributed by atoms with Crippen molar-refractivity contribution in [2.45, 2.75) is 326 Å². The topological polar surface area (TPSA) is 0 Å². The predicted octanol–water partition coefficient (Wildman–Crippen LogP) is 23.2. The first-order valence-corrected chi connectivity index (χ1v) is 33.8.